The van der Waals surface area contributed by atoms with Crippen LogP contribution in [-0.4, -0.2) is 36.0 Å². The molecule has 14 heavy (non-hydrogen) atoms. The zero-order chi connectivity index (χ0) is 11.0. The lowest BCUT2D eigenvalue weighted by Gasteiger charge is -2.50. The van der Waals surface area contributed by atoms with Gasteiger partial charge < -0.3 is 5.73 Å². The average molecular weight is 206 g/mol. The van der Waals surface area contributed by atoms with Crippen LogP contribution in [0.15, 0.2) is 0 Å². The minimum atomic E-state index is -2.57. The third kappa shape index (κ3) is 2.42. The summed E-state index contributed by atoms with van der Waals surface area (Å²) in [6.07, 6.45) is -0.185. The molecule has 1 aliphatic heterocycles. The van der Waals surface area contributed by atoms with Crippen LogP contribution >= 0.6 is 0 Å². The molecule has 1 saturated heterocycles. The van der Waals surface area contributed by atoms with E-state index in [4.69, 9.17) is 5.73 Å². The third-order valence-corrected chi connectivity index (χ3v) is 2.91. The van der Waals surface area contributed by atoms with Crippen LogP contribution in [0.25, 0.3) is 0 Å². The maximum Gasteiger partial charge on any atom is 0.254 e. The molecule has 0 aromatic rings. The Kier molecular flexibility index (Phi) is 3.17. The summed E-state index contributed by atoms with van der Waals surface area (Å²) < 4.78 is 26.6. The first-order valence-electron chi connectivity index (χ1n) is 5.10. The summed E-state index contributed by atoms with van der Waals surface area (Å²) in [5.74, 6) is -3.07. The van der Waals surface area contributed by atoms with E-state index in [1.54, 1.807) is 0 Å². The summed E-state index contributed by atoms with van der Waals surface area (Å²) in [4.78, 5) is 2.07. The first kappa shape index (κ1) is 11.9. The lowest BCUT2D eigenvalue weighted by atomic mass is 9.86. The van der Waals surface area contributed by atoms with Crippen molar-refractivity contribution in [1.82, 2.24) is 4.90 Å². The van der Waals surface area contributed by atoms with Gasteiger partial charge in [-0.25, -0.2) is 8.78 Å². The van der Waals surface area contributed by atoms with Crippen LogP contribution in [0.3, 0.4) is 0 Å². The molecule has 1 fully saturated rings. The minimum absolute atomic E-state index is 0.00922. The number of hydrogen-bond donors (Lipinski definition) is 1. The zero-order valence-corrected chi connectivity index (χ0v) is 9.19. The van der Waals surface area contributed by atoms with Gasteiger partial charge in [0, 0.05) is 31.0 Å². The van der Waals surface area contributed by atoms with Crippen LogP contribution in [-0.2, 0) is 0 Å². The summed E-state index contributed by atoms with van der Waals surface area (Å²) >= 11 is 0. The number of nitrogens with zero attached hydrogens (tertiary/aromatic N) is 1. The van der Waals surface area contributed by atoms with Crippen molar-refractivity contribution in [3.8, 4) is 0 Å². The van der Waals surface area contributed by atoms with Gasteiger partial charge in [0.15, 0.2) is 0 Å². The first-order chi connectivity index (χ1) is 6.27. The fourth-order valence-electron chi connectivity index (χ4n) is 1.69. The van der Waals surface area contributed by atoms with Crippen LogP contribution in [0.2, 0.25) is 0 Å². The molecule has 0 aliphatic carbocycles. The second kappa shape index (κ2) is 3.74. The standard InChI is InChI=1S/C10H20F2N2/c1-9(2,3)14-6-8(7-14)10(11,12)4-5-13/h8H,4-7,13H2,1-3H3. The van der Waals surface area contributed by atoms with E-state index in [0.717, 1.165) is 0 Å². The molecule has 1 aliphatic rings. The second-order valence-corrected chi connectivity index (χ2v) is 5.07. The number of likely N-dealkylation sites (tertiary alicyclic amines) is 1. The monoisotopic (exact) mass is 206 g/mol. The van der Waals surface area contributed by atoms with Crippen LogP contribution in [0.4, 0.5) is 8.78 Å². The number of rotatable bonds is 3. The van der Waals surface area contributed by atoms with Gasteiger partial charge >= 0.3 is 0 Å². The van der Waals surface area contributed by atoms with Gasteiger partial charge in [-0.05, 0) is 27.3 Å². The van der Waals surface area contributed by atoms with Crippen molar-refractivity contribution in [2.24, 2.45) is 11.7 Å². The first-order valence-corrected chi connectivity index (χ1v) is 5.10. The summed E-state index contributed by atoms with van der Waals surface area (Å²) in [5, 5.41) is 0. The van der Waals surface area contributed by atoms with Gasteiger partial charge in [-0.1, -0.05) is 0 Å². The Morgan fingerprint density at radius 1 is 1.29 bits per heavy atom. The van der Waals surface area contributed by atoms with E-state index >= 15 is 0 Å². The topological polar surface area (TPSA) is 29.3 Å². The van der Waals surface area contributed by atoms with Gasteiger partial charge in [0.2, 0.25) is 0 Å². The molecule has 4 heteroatoms. The summed E-state index contributed by atoms with van der Waals surface area (Å²) in [6.45, 7) is 7.20. The maximum absolute atomic E-state index is 13.3. The molecule has 0 radical (unpaired) electrons. The molecular weight excluding hydrogens is 186 g/mol. The maximum atomic E-state index is 13.3. The molecule has 0 bridgehead atoms. The van der Waals surface area contributed by atoms with E-state index in [1.165, 1.54) is 0 Å². The summed E-state index contributed by atoms with van der Waals surface area (Å²) in [5.41, 5.74) is 5.17. The molecule has 2 nitrogen and oxygen atoms in total. The zero-order valence-electron chi connectivity index (χ0n) is 9.19. The summed E-state index contributed by atoms with van der Waals surface area (Å²) in [7, 11) is 0. The molecule has 0 aromatic carbocycles. The van der Waals surface area contributed by atoms with Crippen molar-refractivity contribution in [2.75, 3.05) is 19.6 Å². The molecule has 0 amide bonds. The van der Waals surface area contributed by atoms with E-state index in [-0.39, 0.29) is 18.5 Å². The fourth-order valence-corrected chi connectivity index (χ4v) is 1.69. The number of nitrogens with two attached hydrogens (primary N) is 1. The smallest absolute Gasteiger partial charge is 0.254 e. The SMILES string of the molecule is CC(C)(C)N1CC(C(F)(F)CCN)C1. The van der Waals surface area contributed by atoms with Crippen LogP contribution in [0.1, 0.15) is 27.2 Å². The van der Waals surface area contributed by atoms with E-state index < -0.39 is 11.8 Å². The molecular formula is C10H20F2N2. The van der Waals surface area contributed by atoms with Crippen molar-refractivity contribution < 1.29 is 8.78 Å². The molecule has 84 valence electrons. The highest BCUT2D eigenvalue weighted by Gasteiger charge is 2.48. The highest BCUT2D eigenvalue weighted by atomic mass is 19.3. The second-order valence-electron chi connectivity index (χ2n) is 5.07. The fraction of sp³-hybridized carbons (Fsp3) is 1.00. The molecule has 0 unspecified atom stereocenters. The Morgan fingerprint density at radius 2 is 1.79 bits per heavy atom. The number of halogens is 2. The minimum Gasteiger partial charge on any atom is -0.330 e. The van der Waals surface area contributed by atoms with Crippen molar-refractivity contribution in [3.63, 3.8) is 0 Å². The van der Waals surface area contributed by atoms with E-state index in [2.05, 4.69) is 4.90 Å². The third-order valence-electron chi connectivity index (χ3n) is 2.91. The van der Waals surface area contributed by atoms with Crippen LogP contribution in [0, 0.1) is 5.92 Å². The van der Waals surface area contributed by atoms with E-state index in [0.29, 0.717) is 13.1 Å². The Bertz CT molecular complexity index is 193. The molecule has 1 rings (SSSR count). The molecule has 0 saturated carbocycles. The highest BCUT2D eigenvalue weighted by Crippen LogP contribution is 2.37. The lowest BCUT2D eigenvalue weighted by molar-refractivity contribution is -0.139. The highest BCUT2D eigenvalue weighted by molar-refractivity contribution is 4.95. The lowest BCUT2D eigenvalue weighted by Crippen LogP contribution is -2.61. The Labute approximate surface area is 84.4 Å². The van der Waals surface area contributed by atoms with Gasteiger partial charge in [-0.15, -0.1) is 0 Å². The van der Waals surface area contributed by atoms with Crippen LogP contribution in [0.5, 0.6) is 0 Å². The van der Waals surface area contributed by atoms with Crippen molar-refractivity contribution in [2.45, 2.75) is 38.7 Å². The van der Waals surface area contributed by atoms with Gasteiger partial charge in [0.1, 0.15) is 0 Å². The molecule has 0 aromatic heterocycles. The molecule has 1 heterocycles. The van der Waals surface area contributed by atoms with E-state index in [1.807, 2.05) is 20.8 Å². The molecule has 0 spiro atoms. The predicted molar refractivity (Wildman–Crippen MR) is 53.4 cm³/mol. The normalized spacial score (nSPS) is 21.0. The molecule has 2 N–H and O–H groups in total. The Balaban J connectivity index is 2.41. The Morgan fingerprint density at radius 3 is 2.14 bits per heavy atom. The molecule has 0 atom stereocenters. The number of alkyl halides is 2. The van der Waals surface area contributed by atoms with Gasteiger partial charge in [-0.3, -0.25) is 4.90 Å². The van der Waals surface area contributed by atoms with E-state index in [9.17, 15) is 8.78 Å². The van der Waals surface area contributed by atoms with Crippen LogP contribution < -0.4 is 5.73 Å². The van der Waals surface area contributed by atoms with Gasteiger partial charge in [-0.2, -0.15) is 0 Å². The van der Waals surface area contributed by atoms with Gasteiger partial charge in [0.05, 0.1) is 0 Å². The number of hydrogen-bond acceptors (Lipinski definition) is 2. The average Bonchev–Trinajstić information content (AvgIpc) is 1.76. The van der Waals surface area contributed by atoms with Gasteiger partial charge in [0.25, 0.3) is 5.92 Å². The quantitative estimate of drug-likeness (QED) is 0.761. The largest absolute Gasteiger partial charge is 0.330 e. The summed E-state index contributed by atoms with van der Waals surface area (Å²) in [6, 6.07) is 0. The van der Waals surface area contributed by atoms with Crippen molar-refractivity contribution in [3.05, 3.63) is 0 Å². The Hall–Kier alpha value is -0.220. The predicted octanol–water partition coefficient (Wildman–Crippen LogP) is 1.70. The van der Waals surface area contributed by atoms with Crippen molar-refractivity contribution >= 4 is 0 Å². The van der Waals surface area contributed by atoms with Crippen molar-refractivity contribution in [1.29, 1.82) is 0 Å².